The summed E-state index contributed by atoms with van der Waals surface area (Å²) < 4.78 is 11.8. The molecule has 0 aliphatic rings. The normalized spacial score (nSPS) is 11.1. The van der Waals surface area contributed by atoms with Gasteiger partial charge in [-0.1, -0.05) is 18.7 Å². The molecule has 0 saturated heterocycles. The first-order valence-corrected chi connectivity index (χ1v) is 6.93. The van der Waals surface area contributed by atoms with Crippen LogP contribution in [-0.4, -0.2) is 18.3 Å². The summed E-state index contributed by atoms with van der Waals surface area (Å²) >= 11 is 0. The molecule has 0 bridgehead atoms. The molecule has 0 amide bonds. The predicted octanol–water partition coefficient (Wildman–Crippen LogP) is 2.49. The lowest BCUT2D eigenvalue weighted by Crippen LogP contribution is -2.09. The molecular formula is C10H12NO3P. The van der Waals surface area contributed by atoms with Crippen molar-refractivity contribution in [1.29, 1.82) is 0 Å². The van der Waals surface area contributed by atoms with E-state index in [0.717, 1.165) is 0 Å². The van der Waals surface area contributed by atoms with Crippen molar-refractivity contribution in [2.24, 2.45) is 0 Å². The first-order chi connectivity index (χ1) is 6.86. The lowest BCUT2D eigenvalue weighted by atomic mass is 10.2. The third-order valence-corrected chi connectivity index (χ3v) is 3.55. The maximum absolute atomic E-state index is 11.8. The quantitative estimate of drug-likeness (QED) is 0.451. The average Bonchev–Trinajstić information content (AvgIpc) is 2.15. The molecule has 1 rings (SSSR count). The SMILES string of the molecule is C=Cc1ccc(P(C)(C)=O)c([N+](=O)[O-])c1. The zero-order valence-corrected chi connectivity index (χ0v) is 9.53. The van der Waals surface area contributed by atoms with Crippen molar-refractivity contribution < 1.29 is 9.49 Å². The van der Waals surface area contributed by atoms with Crippen molar-refractivity contribution >= 4 is 24.2 Å². The maximum atomic E-state index is 11.8. The predicted molar refractivity (Wildman–Crippen MR) is 62.3 cm³/mol. The van der Waals surface area contributed by atoms with E-state index < -0.39 is 12.1 Å². The van der Waals surface area contributed by atoms with E-state index in [1.807, 2.05) is 0 Å². The van der Waals surface area contributed by atoms with Crippen LogP contribution in [0.5, 0.6) is 0 Å². The highest BCUT2D eigenvalue weighted by Crippen LogP contribution is 2.38. The summed E-state index contributed by atoms with van der Waals surface area (Å²) in [6.45, 7) is 6.57. The molecule has 0 atom stereocenters. The molecule has 0 aliphatic carbocycles. The fourth-order valence-electron chi connectivity index (χ4n) is 1.27. The summed E-state index contributed by atoms with van der Waals surface area (Å²) in [6.07, 6.45) is 1.52. The van der Waals surface area contributed by atoms with Gasteiger partial charge >= 0.3 is 0 Å². The molecule has 0 N–H and O–H groups in total. The highest BCUT2D eigenvalue weighted by atomic mass is 31.2. The van der Waals surface area contributed by atoms with Gasteiger partial charge in [-0.3, -0.25) is 10.1 Å². The Bertz CT molecular complexity index is 462. The molecule has 0 aliphatic heterocycles. The van der Waals surface area contributed by atoms with E-state index in [1.54, 1.807) is 6.07 Å². The third-order valence-electron chi connectivity index (χ3n) is 2.01. The van der Waals surface area contributed by atoms with Crippen molar-refractivity contribution in [3.05, 3.63) is 40.5 Å². The number of nitro benzene ring substituents is 1. The van der Waals surface area contributed by atoms with Gasteiger partial charge in [0.15, 0.2) is 0 Å². The van der Waals surface area contributed by atoms with Crippen LogP contribution in [0.15, 0.2) is 24.8 Å². The lowest BCUT2D eigenvalue weighted by Gasteiger charge is -2.07. The molecule has 0 spiro atoms. The van der Waals surface area contributed by atoms with Gasteiger partial charge in [-0.25, -0.2) is 0 Å². The Hall–Kier alpha value is -1.41. The molecule has 0 fully saturated rings. The van der Waals surface area contributed by atoms with E-state index in [9.17, 15) is 14.7 Å². The van der Waals surface area contributed by atoms with Crippen LogP contribution in [0.25, 0.3) is 6.08 Å². The van der Waals surface area contributed by atoms with Crippen LogP contribution in [0.4, 0.5) is 5.69 Å². The van der Waals surface area contributed by atoms with Gasteiger partial charge in [-0.2, -0.15) is 0 Å². The van der Waals surface area contributed by atoms with Crippen LogP contribution in [0.1, 0.15) is 5.56 Å². The van der Waals surface area contributed by atoms with Crippen LogP contribution in [-0.2, 0) is 4.57 Å². The zero-order valence-electron chi connectivity index (χ0n) is 8.64. The minimum absolute atomic E-state index is 0.0965. The van der Waals surface area contributed by atoms with Gasteiger partial charge in [0.1, 0.15) is 7.14 Å². The molecule has 15 heavy (non-hydrogen) atoms. The van der Waals surface area contributed by atoms with E-state index in [-0.39, 0.29) is 5.69 Å². The Balaban J connectivity index is 3.47. The molecule has 0 saturated carbocycles. The number of hydrogen-bond acceptors (Lipinski definition) is 3. The minimum Gasteiger partial charge on any atom is -0.319 e. The van der Waals surface area contributed by atoms with Crippen molar-refractivity contribution in [3.63, 3.8) is 0 Å². The Kier molecular flexibility index (Phi) is 3.10. The molecule has 0 heterocycles. The highest BCUT2D eigenvalue weighted by molar-refractivity contribution is 7.70. The second-order valence-electron chi connectivity index (χ2n) is 3.56. The molecule has 1 aromatic carbocycles. The first kappa shape index (κ1) is 11.7. The molecule has 5 heteroatoms. The topological polar surface area (TPSA) is 60.2 Å². The van der Waals surface area contributed by atoms with Crippen LogP contribution in [0, 0.1) is 10.1 Å². The lowest BCUT2D eigenvalue weighted by molar-refractivity contribution is -0.383. The van der Waals surface area contributed by atoms with Crippen LogP contribution < -0.4 is 5.30 Å². The maximum Gasteiger partial charge on any atom is 0.280 e. The number of nitrogens with zero attached hydrogens (tertiary/aromatic N) is 1. The van der Waals surface area contributed by atoms with Crippen molar-refractivity contribution in [2.45, 2.75) is 0 Å². The first-order valence-electron chi connectivity index (χ1n) is 4.32. The van der Waals surface area contributed by atoms with E-state index in [2.05, 4.69) is 6.58 Å². The Labute approximate surface area is 88.1 Å². The molecule has 80 valence electrons. The fraction of sp³-hybridized carbons (Fsp3) is 0.200. The second kappa shape index (κ2) is 3.99. The van der Waals surface area contributed by atoms with E-state index in [4.69, 9.17) is 0 Å². The summed E-state index contributed by atoms with van der Waals surface area (Å²) in [6, 6.07) is 4.60. The molecule has 0 aromatic heterocycles. The van der Waals surface area contributed by atoms with Gasteiger partial charge < -0.3 is 4.57 Å². The van der Waals surface area contributed by atoms with Gasteiger partial charge in [0, 0.05) is 6.07 Å². The van der Waals surface area contributed by atoms with E-state index in [0.29, 0.717) is 10.9 Å². The Morgan fingerprint density at radius 1 is 1.47 bits per heavy atom. The summed E-state index contributed by atoms with van der Waals surface area (Å²) in [5, 5.41) is 11.1. The van der Waals surface area contributed by atoms with E-state index >= 15 is 0 Å². The largest absolute Gasteiger partial charge is 0.319 e. The summed E-state index contributed by atoms with van der Waals surface area (Å²) in [4.78, 5) is 10.3. The number of benzene rings is 1. The summed E-state index contributed by atoms with van der Waals surface area (Å²) in [7, 11) is -2.62. The van der Waals surface area contributed by atoms with Gasteiger partial charge in [-0.15, -0.1) is 0 Å². The molecule has 1 aromatic rings. The number of rotatable bonds is 3. The van der Waals surface area contributed by atoms with Crippen LogP contribution >= 0.6 is 7.14 Å². The van der Waals surface area contributed by atoms with Crippen molar-refractivity contribution in [1.82, 2.24) is 0 Å². The fourth-order valence-corrected chi connectivity index (χ4v) is 2.40. The third kappa shape index (κ3) is 2.54. The Morgan fingerprint density at radius 2 is 2.07 bits per heavy atom. The molecular weight excluding hydrogens is 213 g/mol. The molecule has 0 unspecified atom stereocenters. The standard InChI is InChI=1S/C10H12NO3P/c1-4-8-5-6-10(15(2,3)14)9(7-8)11(12)13/h4-7H,1H2,2-3H3. The zero-order chi connectivity index (χ0) is 11.6. The van der Waals surface area contributed by atoms with Gasteiger partial charge in [0.05, 0.1) is 10.2 Å². The average molecular weight is 225 g/mol. The van der Waals surface area contributed by atoms with Gasteiger partial charge in [-0.05, 0) is 25.0 Å². The van der Waals surface area contributed by atoms with Crippen molar-refractivity contribution in [2.75, 3.05) is 13.3 Å². The number of nitro groups is 1. The van der Waals surface area contributed by atoms with E-state index in [1.165, 1.54) is 31.5 Å². The minimum atomic E-state index is -2.62. The monoisotopic (exact) mass is 225 g/mol. The summed E-state index contributed by atoms with van der Waals surface area (Å²) in [5.74, 6) is 0. The van der Waals surface area contributed by atoms with Crippen molar-refractivity contribution in [3.8, 4) is 0 Å². The van der Waals surface area contributed by atoms with Gasteiger partial charge in [0.25, 0.3) is 5.69 Å². The second-order valence-corrected chi connectivity index (χ2v) is 6.74. The highest BCUT2D eigenvalue weighted by Gasteiger charge is 2.23. The molecule has 0 radical (unpaired) electrons. The van der Waals surface area contributed by atoms with Crippen LogP contribution in [0.2, 0.25) is 0 Å². The summed E-state index contributed by atoms with van der Waals surface area (Å²) in [5.41, 5.74) is 0.555. The van der Waals surface area contributed by atoms with Gasteiger partial charge in [0.2, 0.25) is 0 Å². The molecule has 4 nitrogen and oxygen atoms in total. The smallest absolute Gasteiger partial charge is 0.280 e. The number of hydrogen-bond donors (Lipinski definition) is 0. The Morgan fingerprint density at radius 3 is 2.47 bits per heavy atom. The van der Waals surface area contributed by atoms with Crippen LogP contribution in [0.3, 0.4) is 0 Å².